The molecule has 0 aromatic rings. The maximum absolute atomic E-state index is 12.5. The number of urea groups is 1. The summed E-state index contributed by atoms with van der Waals surface area (Å²) in [5.74, 6) is -1.71. The van der Waals surface area contributed by atoms with E-state index >= 15 is 0 Å². The van der Waals surface area contributed by atoms with Gasteiger partial charge in [0.05, 0.1) is 0 Å². The van der Waals surface area contributed by atoms with Crippen molar-refractivity contribution in [3.05, 3.63) is 0 Å². The van der Waals surface area contributed by atoms with Gasteiger partial charge >= 0.3 is 6.03 Å². The second-order valence-corrected chi connectivity index (χ2v) is 7.07. The molecule has 3 N–H and O–H groups in total. The lowest BCUT2D eigenvalue weighted by Crippen LogP contribution is -2.55. The number of piperidine rings is 1. The molecule has 0 aromatic heterocycles. The molecule has 1 atom stereocenters. The van der Waals surface area contributed by atoms with Crippen molar-refractivity contribution in [2.24, 2.45) is 16.6 Å². The van der Waals surface area contributed by atoms with Gasteiger partial charge in [0.2, 0.25) is 15.9 Å². The number of nitrogens with zero attached hydrogens (tertiary/aromatic N) is 2. The molecule has 9 nitrogen and oxygen atoms in total. The molecule has 1 unspecified atom stereocenters. The Morgan fingerprint density at radius 2 is 1.90 bits per heavy atom. The average Bonchev–Trinajstić information content (AvgIpc) is 2.37. The van der Waals surface area contributed by atoms with Gasteiger partial charge in [0.1, 0.15) is 0 Å². The van der Waals surface area contributed by atoms with E-state index in [0.29, 0.717) is 12.8 Å². The quantitative estimate of drug-likeness (QED) is 0.658. The van der Waals surface area contributed by atoms with Crippen LogP contribution < -0.4 is 11.1 Å². The highest BCUT2D eigenvalue weighted by molar-refractivity contribution is 7.91. The van der Waals surface area contributed by atoms with E-state index in [4.69, 9.17) is 5.73 Å². The lowest BCUT2D eigenvalue weighted by atomic mass is 9.98. The number of imide groups is 1. The van der Waals surface area contributed by atoms with Crippen LogP contribution in [0, 0.1) is 5.92 Å². The molecule has 0 spiro atoms. The van der Waals surface area contributed by atoms with Crippen LogP contribution in [0.4, 0.5) is 4.79 Å². The Hall–Kier alpha value is -1.81. The van der Waals surface area contributed by atoms with E-state index in [0.717, 1.165) is 4.31 Å². The van der Waals surface area contributed by atoms with Crippen LogP contribution in [0.3, 0.4) is 0 Å². The van der Waals surface area contributed by atoms with E-state index in [1.807, 2.05) is 5.32 Å². The van der Waals surface area contributed by atoms with Crippen LogP contribution in [-0.4, -0.2) is 54.6 Å². The van der Waals surface area contributed by atoms with Crippen LogP contribution in [-0.2, 0) is 19.6 Å². The van der Waals surface area contributed by atoms with E-state index in [-0.39, 0.29) is 24.7 Å². The van der Waals surface area contributed by atoms with E-state index in [1.54, 1.807) is 0 Å². The predicted molar refractivity (Wildman–Crippen MR) is 72.8 cm³/mol. The molecule has 2 rings (SSSR count). The average molecular weight is 316 g/mol. The van der Waals surface area contributed by atoms with E-state index in [9.17, 15) is 22.8 Å². The molecule has 0 bridgehead atoms. The number of primary amides is 1. The zero-order chi connectivity index (χ0) is 15.8. The van der Waals surface area contributed by atoms with Gasteiger partial charge in [-0.05, 0) is 19.8 Å². The normalized spacial score (nSPS) is 25.4. The smallest absolute Gasteiger partial charge is 0.347 e. The van der Waals surface area contributed by atoms with Gasteiger partial charge in [0.25, 0.3) is 5.91 Å². The topological polar surface area (TPSA) is 139 Å². The van der Waals surface area contributed by atoms with Gasteiger partial charge in [-0.1, -0.05) is 0 Å². The molecule has 10 heteroatoms. The maximum atomic E-state index is 12.5. The highest BCUT2D eigenvalue weighted by Gasteiger charge is 2.43. The number of amides is 4. The number of sulfonamides is 1. The Morgan fingerprint density at radius 1 is 1.33 bits per heavy atom. The molecule has 1 fully saturated rings. The molecule has 116 valence electrons. The third-order valence-corrected chi connectivity index (χ3v) is 5.88. The summed E-state index contributed by atoms with van der Waals surface area (Å²) in [6, 6.07) is -0.864. The van der Waals surface area contributed by atoms with Crippen LogP contribution in [0.1, 0.15) is 19.8 Å². The van der Waals surface area contributed by atoms with Crippen molar-refractivity contribution in [2.45, 2.75) is 25.0 Å². The summed E-state index contributed by atoms with van der Waals surface area (Å²) in [6.07, 6.45) is 0.635. The van der Waals surface area contributed by atoms with Crippen molar-refractivity contribution in [1.82, 2.24) is 9.62 Å². The highest BCUT2D eigenvalue weighted by atomic mass is 32.2. The fourth-order valence-electron chi connectivity index (χ4n) is 2.50. The minimum Gasteiger partial charge on any atom is -0.369 e. The minimum atomic E-state index is -3.97. The molecular weight excluding hydrogens is 300 g/mol. The minimum absolute atomic E-state index is 0.0548. The molecule has 0 radical (unpaired) electrons. The molecule has 2 heterocycles. The number of carbonyl (C=O) groups is 3. The largest absolute Gasteiger partial charge is 0.369 e. The molecule has 2 aliphatic heterocycles. The number of aliphatic imine (C=N–C) groups is 1. The van der Waals surface area contributed by atoms with Gasteiger partial charge in [-0.25, -0.2) is 22.5 Å². The number of carbonyl (C=O) groups excluding carboxylic acids is 3. The van der Waals surface area contributed by atoms with E-state index < -0.39 is 33.1 Å². The molecule has 0 aliphatic carbocycles. The number of hydrogen-bond donors (Lipinski definition) is 2. The molecule has 1 saturated heterocycles. The van der Waals surface area contributed by atoms with Crippen LogP contribution >= 0.6 is 0 Å². The molecule has 4 amide bonds. The van der Waals surface area contributed by atoms with Gasteiger partial charge in [0.15, 0.2) is 5.25 Å². The Morgan fingerprint density at radius 3 is 2.38 bits per heavy atom. The number of hydrogen-bond acceptors (Lipinski definition) is 5. The Bertz CT molecular complexity index is 619. The van der Waals surface area contributed by atoms with Crippen molar-refractivity contribution >= 4 is 33.6 Å². The Labute approximate surface area is 121 Å². The second kappa shape index (κ2) is 5.53. The summed E-state index contributed by atoms with van der Waals surface area (Å²) >= 11 is 0. The first-order valence-electron chi connectivity index (χ1n) is 6.41. The molecule has 0 saturated carbocycles. The van der Waals surface area contributed by atoms with Crippen molar-refractivity contribution in [3.63, 3.8) is 0 Å². The standard InChI is InChI=1S/C11H16N4O5S/c1-6-8(10(17)14-11(18)13-6)21(19,20)15-4-2-7(3-5-15)9(12)16/h7-8H,2-5H2,1H3,(H2,12,16)(H,14,17,18). The van der Waals surface area contributed by atoms with Crippen molar-refractivity contribution in [2.75, 3.05) is 13.1 Å². The van der Waals surface area contributed by atoms with Crippen LogP contribution in [0.5, 0.6) is 0 Å². The van der Waals surface area contributed by atoms with Crippen LogP contribution in [0.15, 0.2) is 4.99 Å². The zero-order valence-corrected chi connectivity index (χ0v) is 12.2. The first-order chi connectivity index (χ1) is 9.73. The van der Waals surface area contributed by atoms with E-state index in [1.165, 1.54) is 6.92 Å². The van der Waals surface area contributed by atoms with Gasteiger partial charge in [0, 0.05) is 24.7 Å². The molecule has 2 aliphatic rings. The highest BCUT2D eigenvalue weighted by Crippen LogP contribution is 2.23. The fourth-order valence-corrected chi connectivity index (χ4v) is 4.33. The third kappa shape index (κ3) is 2.95. The van der Waals surface area contributed by atoms with Gasteiger partial charge in [-0.2, -0.15) is 0 Å². The lowest BCUT2D eigenvalue weighted by Gasteiger charge is -2.32. The molecule has 0 aromatic carbocycles. The van der Waals surface area contributed by atoms with Gasteiger partial charge in [-0.15, -0.1) is 0 Å². The Balaban J connectivity index is 2.20. The Kier molecular flexibility index (Phi) is 4.10. The summed E-state index contributed by atoms with van der Waals surface area (Å²) in [7, 11) is -3.97. The monoisotopic (exact) mass is 316 g/mol. The van der Waals surface area contributed by atoms with Crippen LogP contribution in [0.2, 0.25) is 0 Å². The number of nitrogens with two attached hydrogens (primary N) is 1. The summed E-state index contributed by atoms with van der Waals surface area (Å²) in [5, 5.41) is 0.387. The van der Waals surface area contributed by atoms with Crippen molar-refractivity contribution < 1.29 is 22.8 Å². The summed E-state index contributed by atoms with van der Waals surface area (Å²) in [4.78, 5) is 37.4. The van der Waals surface area contributed by atoms with E-state index in [2.05, 4.69) is 4.99 Å². The molecule has 21 heavy (non-hydrogen) atoms. The van der Waals surface area contributed by atoms with Crippen molar-refractivity contribution in [3.8, 4) is 0 Å². The number of nitrogens with one attached hydrogen (secondary N) is 1. The summed E-state index contributed by atoms with van der Waals surface area (Å²) < 4.78 is 26.1. The SMILES string of the molecule is CC1=NC(=O)NC(=O)C1S(=O)(=O)N1CCC(C(N)=O)CC1. The first-order valence-corrected chi connectivity index (χ1v) is 7.92. The van der Waals surface area contributed by atoms with Gasteiger partial charge < -0.3 is 5.73 Å². The summed E-state index contributed by atoms with van der Waals surface area (Å²) in [6.45, 7) is 1.55. The number of rotatable bonds is 3. The van der Waals surface area contributed by atoms with Crippen LogP contribution in [0.25, 0.3) is 0 Å². The molecular formula is C11H16N4O5S. The second-order valence-electron chi connectivity index (χ2n) is 5.05. The fraction of sp³-hybridized carbons (Fsp3) is 0.636. The first kappa shape index (κ1) is 15.6. The van der Waals surface area contributed by atoms with Gasteiger partial charge in [-0.3, -0.25) is 14.9 Å². The lowest BCUT2D eigenvalue weighted by molar-refractivity contribution is -0.123. The maximum Gasteiger partial charge on any atom is 0.347 e. The predicted octanol–water partition coefficient (Wildman–Crippen LogP) is -1.41. The van der Waals surface area contributed by atoms with Crippen molar-refractivity contribution in [1.29, 1.82) is 0 Å². The zero-order valence-electron chi connectivity index (χ0n) is 11.4. The summed E-state index contributed by atoms with van der Waals surface area (Å²) in [5.41, 5.74) is 5.14. The third-order valence-electron chi connectivity index (χ3n) is 3.64.